The van der Waals surface area contributed by atoms with Crippen molar-refractivity contribution >= 4 is 28.6 Å². The van der Waals surface area contributed by atoms with E-state index < -0.39 is 17.5 Å². The topological polar surface area (TPSA) is 78.9 Å². The molecule has 1 saturated heterocycles. The third kappa shape index (κ3) is 3.82. The van der Waals surface area contributed by atoms with E-state index in [0.717, 1.165) is 24.0 Å². The summed E-state index contributed by atoms with van der Waals surface area (Å²) < 4.78 is 19.7. The molecule has 2 amide bonds. The molecule has 3 heterocycles. The van der Waals surface area contributed by atoms with Crippen molar-refractivity contribution in [2.45, 2.75) is 38.4 Å². The van der Waals surface area contributed by atoms with Crippen molar-refractivity contribution in [3.63, 3.8) is 0 Å². The Kier molecular flexibility index (Phi) is 5.09. The van der Waals surface area contributed by atoms with Crippen molar-refractivity contribution in [2.24, 2.45) is 0 Å². The first-order valence-electron chi connectivity index (χ1n) is 11.1. The van der Waals surface area contributed by atoms with Crippen LogP contribution in [0.25, 0.3) is 11.1 Å². The molecule has 0 spiro atoms. The number of carbonyl (C=O) groups is 2. The minimum absolute atomic E-state index is 0.0921. The molecule has 0 radical (unpaired) electrons. The molecule has 6 nitrogen and oxygen atoms in total. The number of allylic oxidation sites excluding steroid dienone is 1. The van der Waals surface area contributed by atoms with Gasteiger partial charge in [0.25, 0.3) is 11.8 Å². The molecule has 1 unspecified atom stereocenters. The summed E-state index contributed by atoms with van der Waals surface area (Å²) in [5, 5.41) is 12.6. The average molecular weight is 448 g/mol. The van der Waals surface area contributed by atoms with Crippen LogP contribution in [-0.2, 0) is 9.53 Å². The second kappa shape index (κ2) is 7.85. The molecule has 0 aromatic heterocycles. The number of likely N-dealkylation sites (tertiary alicyclic amines) is 1. The van der Waals surface area contributed by atoms with E-state index in [1.165, 1.54) is 12.1 Å². The normalized spacial score (nSPS) is 23.6. The van der Waals surface area contributed by atoms with Crippen LogP contribution >= 0.6 is 0 Å². The third-order valence-electron chi connectivity index (χ3n) is 6.39. The molecule has 0 saturated carbocycles. The molecular formula is C26H25FN2O4. The molecule has 0 bridgehead atoms. The largest absolute Gasteiger partial charge is 0.482 e. The summed E-state index contributed by atoms with van der Waals surface area (Å²) in [7, 11) is 0. The lowest BCUT2D eigenvalue weighted by atomic mass is 9.91. The molecule has 2 aromatic carbocycles. The molecule has 1 fully saturated rings. The van der Waals surface area contributed by atoms with Crippen LogP contribution in [0.4, 0.5) is 10.1 Å². The Balaban J connectivity index is 1.46. The smallest absolute Gasteiger partial charge is 0.260 e. The highest BCUT2D eigenvalue weighted by molar-refractivity contribution is 6.32. The molecule has 7 heteroatoms. The van der Waals surface area contributed by atoms with E-state index in [1.807, 2.05) is 32.1 Å². The number of anilines is 1. The summed E-state index contributed by atoms with van der Waals surface area (Å²) in [6, 6.07) is 11.5. The van der Waals surface area contributed by atoms with E-state index in [2.05, 4.69) is 5.32 Å². The van der Waals surface area contributed by atoms with Gasteiger partial charge in [0.05, 0.1) is 17.4 Å². The first-order valence-corrected chi connectivity index (χ1v) is 11.1. The van der Waals surface area contributed by atoms with Gasteiger partial charge in [-0.3, -0.25) is 9.59 Å². The number of hydrogen-bond donors (Lipinski definition) is 2. The second-order valence-electron chi connectivity index (χ2n) is 9.18. The number of aliphatic hydroxyl groups excluding tert-OH is 1. The summed E-state index contributed by atoms with van der Waals surface area (Å²) in [6.07, 6.45) is 2.89. The zero-order chi connectivity index (χ0) is 23.3. The fraction of sp³-hybridized carbons (Fsp3) is 0.308. The predicted octanol–water partition coefficient (Wildman–Crippen LogP) is 3.98. The Morgan fingerprint density at radius 2 is 1.97 bits per heavy atom. The molecule has 0 aliphatic carbocycles. The first-order chi connectivity index (χ1) is 15.7. The number of nitrogens with one attached hydrogen (secondary N) is 1. The zero-order valence-electron chi connectivity index (χ0n) is 18.5. The number of aliphatic hydroxyl groups is 1. The third-order valence-corrected chi connectivity index (χ3v) is 6.39. The average Bonchev–Trinajstić information content (AvgIpc) is 3.27. The number of halogens is 1. The monoisotopic (exact) mass is 448 g/mol. The summed E-state index contributed by atoms with van der Waals surface area (Å²) in [5.41, 5.74) is 3.03. The van der Waals surface area contributed by atoms with Crippen LogP contribution < -0.4 is 5.32 Å². The minimum Gasteiger partial charge on any atom is -0.482 e. The maximum absolute atomic E-state index is 13.6. The number of β-amino-alcohol motifs (C(OH)–C–C–N with tert-alkyl or cyclic N) is 1. The summed E-state index contributed by atoms with van der Waals surface area (Å²) in [6.45, 7) is 4.84. The van der Waals surface area contributed by atoms with Gasteiger partial charge in [-0.05, 0) is 68.7 Å². The van der Waals surface area contributed by atoms with Crippen molar-refractivity contribution in [3.8, 4) is 0 Å². The van der Waals surface area contributed by atoms with Gasteiger partial charge in [0.1, 0.15) is 17.2 Å². The summed E-state index contributed by atoms with van der Waals surface area (Å²) >= 11 is 0. The number of ether oxygens (including phenoxy) is 1. The quantitative estimate of drug-likeness (QED) is 0.682. The number of nitrogens with zero attached hydrogens (tertiary/aromatic N) is 1. The molecule has 2 aromatic rings. The van der Waals surface area contributed by atoms with Crippen LogP contribution in [0.15, 0.2) is 54.3 Å². The van der Waals surface area contributed by atoms with Crippen molar-refractivity contribution in [2.75, 3.05) is 18.4 Å². The Morgan fingerprint density at radius 1 is 1.21 bits per heavy atom. The van der Waals surface area contributed by atoms with Crippen LogP contribution in [0, 0.1) is 5.82 Å². The lowest BCUT2D eigenvalue weighted by Gasteiger charge is -2.30. The van der Waals surface area contributed by atoms with E-state index in [-0.39, 0.29) is 11.8 Å². The lowest BCUT2D eigenvalue weighted by molar-refractivity contribution is -0.111. The Labute approximate surface area is 191 Å². The highest BCUT2D eigenvalue weighted by Crippen LogP contribution is 2.44. The highest BCUT2D eigenvalue weighted by atomic mass is 19.1. The molecule has 3 aliphatic heterocycles. The maximum atomic E-state index is 13.6. The standard InChI is InChI=1S/C26H25FN2O4/c1-26(2)20(13-22(33-26)23-19-10-9-17(27)12-21(19)28-24(23)31)15-5-7-16(8-6-15)25(32)29-11-3-4-18(30)14-29/h5-10,12-13,18,30H,3-4,11,14H2,1-2H3,(H,28,31)/b23-22+. The van der Waals surface area contributed by atoms with Gasteiger partial charge in [-0.1, -0.05) is 12.1 Å². The van der Waals surface area contributed by atoms with Crippen LogP contribution in [-0.4, -0.2) is 46.6 Å². The Morgan fingerprint density at radius 3 is 2.70 bits per heavy atom. The van der Waals surface area contributed by atoms with Crippen molar-refractivity contribution in [3.05, 3.63) is 76.8 Å². The fourth-order valence-corrected chi connectivity index (χ4v) is 4.72. The number of rotatable bonds is 2. The van der Waals surface area contributed by atoms with Crippen LogP contribution in [0.5, 0.6) is 0 Å². The van der Waals surface area contributed by atoms with Crippen molar-refractivity contribution < 1.29 is 23.8 Å². The summed E-state index contributed by atoms with van der Waals surface area (Å²) in [4.78, 5) is 27.1. The highest BCUT2D eigenvalue weighted by Gasteiger charge is 2.38. The molecule has 170 valence electrons. The Hall–Kier alpha value is -3.45. The van der Waals surface area contributed by atoms with Gasteiger partial charge in [-0.15, -0.1) is 0 Å². The maximum Gasteiger partial charge on any atom is 0.260 e. The number of carbonyl (C=O) groups excluding carboxylic acids is 2. The van der Waals surface area contributed by atoms with Gasteiger partial charge in [0, 0.05) is 29.8 Å². The van der Waals surface area contributed by atoms with E-state index in [0.29, 0.717) is 41.2 Å². The summed E-state index contributed by atoms with van der Waals surface area (Å²) in [5.74, 6) is -0.410. The van der Waals surface area contributed by atoms with E-state index >= 15 is 0 Å². The number of hydrogen-bond acceptors (Lipinski definition) is 4. The molecule has 5 rings (SSSR count). The van der Waals surface area contributed by atoms with Gasteiger partial charge >= 0.3 is 0 Å². The van der Waals surface area contributed by atoms with Crippen LogP contribution in [0.3, 0.4) is 0 Å². The fourth-order valence-electron chi connectivity index (χ4n) is 4.72. The molecular weight excluding hydrogens is 423 g/mol. The molecule has 33 heavy (non-hydrogen) atoms. The van der Waals surface area contributed by atoms with Gasteiger partial charge < -0.3 is 20.1 Å². The molecule has 1 atom stereocenters. The van der Waals surface area contributed by atoms with E-state index in [4.69, 9.17) is 4.74 Å². The minimum atomic E-state index is -0.700. The number of amides is 2. The second-order valence-corrected chi connectivity index (χ2v) is 9.18. The first kappa shape index (κ1) is 21.4. The SMILES string of the molecule is CC1(C)O/C(=C2/C(=O)Nc3cc(F)ccc32)C=C1c1ccc(C(=O)N2CCCC(O)C2)cc1. The molecule has 2 N–H and O–H groups in total. The van der Waals surface area contributed by atoms with Crippen molar-refractivity contribution in [1.82, 2.24) is 4.90 Å². The Bertz CT molecular complexity index is 1210. The number of piperidine rings is 1. The number of benzene rings is 2. The van der Waals surface area contributed by atoms with E-state index in [9.17, 15) is 19.1 Å². The van der Waals surface area contributed by atoms with Crippen molar-refractivity contribution in [1.29, 1.82) is 0 Å². The predicted molar refractivity (Wildman–Crippen MR) is 123 cm³/mol. The van der Waals surface area contributed by atoms with Gasteiger partial charge in [0.15, 0.2) is 0 Å². The lowest BCUT2D eigenvalue weighted by Crippen LogP contribution is -2.42. The number of fused-ring (bicyclic) bond motifs is 1. The van der Waals surface area contributed by atoms with Gasteiger partial charge in [-0.2, -0.15) is 0 Å². The van der Waals surface area contributed by atoms with Gasteiger partial charge in [-0.25, -0.2) is 4.39 Å². The zero-order valence-corrected chi connectivity index (χ0v) is 18.5. The van der Waals surface area contributed by atoms with Gasteiger partial charge in [0.2, 0.25) is 0 Å². The van der Waals surface area contributed by atoms with E-state index in [1.54, 1.807) is 23.1 Å². The van der Waals surface area contributed by atoms with Crippen LogP contribution in [0.2, 0.25) is 0 Å². The molecule has 3 aliphatic rings. The van der Waals surface area contributed by atoms with Crippen LogP contribution in [0.1, 0.15) is 48.2 Å².